The highest BCUT2D eigenvalue weighted by Crippen LogP contribution is 2.16. The van der Waals surface area contributed by atoms with Crippen LogP contribution in [0.3, 0.4) is 0 Å². The minimum atomic E-state index is -0.0462. The van der Waals surface area contributed by atoms with Crippen molar-refractivity contribution in [2.24, 2.45) is 0 Å². The molecule has 1 amide bonds. The van der Waals surface area contributed by atoms with Crippen molar-refractivity contribution in [3.05, 3.63) is 71.0 Å². The maximum absolute atomic E-state index is 12.1. The fourth-order valence-electron chi connectivity index (χ4n) is 3.06. The number of nitrogens with zero attached hydrogens (tertiary/aromatic N) is 2. The summed E-state index contributed by atoms with van der Waals surface area (Å²) in [5.41, 5.74) is 2.21. The van der Waals surface area contributed by atoms with Gasteiger partial charge in [0, 0.05) is 42.6 Å². The van der Waals surface area contributed by atoms with Crippen LogP contribution in [-0.2, 0) is 11.3 Å². The van der Waals surface area contributed by atoms with Gasteiger partial charge in [0.05, 0.1) is 0 Å². The van der Waals surface area contributed by atoms with E-state index in [0.29, 0.717) is 0 Å². The second kappa shape index (κ2) is 8.79. The van der Waals surface area contributed by atoms with Crippen LogP contribution in [0.15, 0.2) is 54.9 Å². The lowest BCUT2D eigenvalue weighted by atomic mass is 10.0. The first-order valence-corrected chi connectivity index (χ1v) is 8.92. The van der Waals surface area contributed by atoms with Crippen LogP contribution >= 0.6 is 11.6 Å². The molecule has 1 aromatic heterocycles. The first-order chi connectivity index (χ1) is 12.2. The van der Waals surface area contributed by atoms with Crippen LogP contribution in [0.1, 0.15) is 24.0 Å². The van der Waals surface area contributed by atoms with Gasteiger partial charge in [-0.3, -0.25) is 14.7 Å². The minimum absolute atomic E-state index is 0.0462. The van der Waals surface area contributed by atoms with Crippen molar-refractivity contribution in [3.8, 4) is 0 Å². The Hall–Kier alpha value is -2.17. The first kappa shape index (κ1) is 17.6. The predicted octanol–water partition coefficient (Wildman–Crippen LogP) is 3.53. The fraction of sp³-hybridized carbons (Fsp3) is 0.300. The molecule has 2 heterocycles. The summed E-state index contributed by atoms with van der Waals surface area (Å²) in [4.78, 5) is 18.5. The SMILES string of the molecule is O=C(C=Cc1ccncc1)NC1CCCN(Cc2ccc(Cl)cc2)C1. The Morgan fingerprint density at radius 3 is 2.76 bits per heavy atom. The van der Waals surface area contributed by atoms with Crippen LogP contribution in [0.5, 0.6) is 0 Å². The van der Waals surface area contributed by atoms with Crippen LogP contribution < -0.4 is 5.32 Å². The van der Waals surface area contributed by atoms with Gasteiger partial charge in [0.2, 0.25) is 5.91 Å². The largest absolute Gasteiger partial charge is 0.349 e. The first-order valence-electron chi connectivity index (χ1n) is 8.54. The average Bonchev–Trinajstić information content (AvgIpc) is 2.63. The van der Waals surface area contributed by atoms with E-state index in [2.05, 4.69) is 27.3 Å². The molecule has 1 saturated heterocycles. The summed E-state index contributed by atoms with van der Waals surface area (Å²) < 4.78 is 0. The molecular formula is C20H22ClN3O. The zero-order chi connectivity index (χ0) is 17.5. The normalized spacial score (nSPS) is 18.4. The summed E-state index contributed by atoms with van der Waals surface area (Å²) >= 11 is 5.94. The Kier molecular flexibility index (Phi) is 6.20. The summed E-state index contributed by atoms with van der Waals surface area (Å²) in [5.74, 6) is -0.0462. The van der Waals surface area contributed by atoms with Crippen LogP contribution in [0.4, 0.5) is 0 Å². The Bertz CT molecular complexity index is 715. The van der Waals surface area contributed by atoms with E-state index in [1.54, 1.807) is 18.5 Å². The zero-order valence-corrected chi connectivity index (χ0v) is 14.8. The van der Waals surface area contributed by atoms with Gasteiger partial charge in [-0.05, 0) is 60.9 Å². The van der Waals surface area contributed by atoms with Gasteiger partial charge in [0.1, 0.15) is 0 Å². The molecule has 0 saturated carbocycles. The highest BCUT2D eigenvalue weighted by Gasteiger charge is 2.20. The number of halogens is 1. The average molecular weight is 356 g/mol. The third-order valence-electron chi connectivity index (χ3n) is 4.30. The third-order valence-corrected chi connectivity index (χ3v) is 4.56. The molecule has 5 heteroatoms. The molecule has 2 aromatic rings. The van der Waals surface area contributed by atoms with Gasteiger partial charge in [-0.15, -0.1) is 0 Å². The van der Waals surface area contributed by atoms with Crippen molar-refractivity contribution >= 4 is 23.6 Å². The van der Waals surface area contributed by atoms with E-state index in [1.165, 1.54) is 5.56 Å². The summed E-state index contributed by atoms with van der Waals surface area (Å²) in [6.45, 7) is 2.82. The van der Waals surface area contributed by atoms with E-state index in [-0.39, 0.29) is 11.9 Å². The molecule has 1 N–H and O–H groups in total. The summed E-state index contributed by atoms with van der Waals surface area (Å²) in [5, 5.41) is 3.87. The van der Waals surface area contributed by atoms with E-state index < -0.39 is 0 Å². The van der Waals surface area contributed by atoms with Crippen LogP contribution in [0.25, 0.3) is 6.08 Å². The van der Waals surface area contributed by atoms with Crippen molar-refractivity contribution < 1.29 is 4.79 Å². The zero-order valence-electron chi connectivity index (χ0n) is 14.1. The second-order valence-electron chi connectivity index (χ2n) is 6.32. The molecule has 1 unspecified atom stereocenters. The molecule has 1 aliphatic rings. The van der Waals surface area contributed by atoms with Crippen molar-refractivity contribution in [3.63, 3.8) is 0 Å². The molecule has 1 aromatic carbocycles. The molecule has 3 rings (SSSR count). The lowest BCUT2D eigenvalue weighted by Gasteiger charge is -2.33. The van der Waals surface area contributed by atoms with Crippen LogP contribution in [0.2, 0.25) is 5.02 Å². The minimum Gasteiger partial charge on any atom is -0.349 e. The number of piperidine rings is 1. The Morgan fingerprint density at radius 1 is 1.24 bits per heavy atom. The number of amides is 1. The molecule has 0 bridgehead atoms. The van der Waals surface area contributed by atoms with Crippen molar-refractivity contribution in [2.45, 2.75) is 25.4 Å². The number of rotatable bonds is 5. The molecule has 1 atom stereocenters. The van der Waals surface area contributed by atoms with E-state index in [1.807, 2.05) is 30.3 Å². The van der Waals surface area contributed by atoms with Gasteiger partial charge in [-0.2, -0.15) is 0 Å². The van der Waals surface area contributed by atoms with Gasteiger partial charge in [0.15, 0.2) is 0 Å². The summed E-state index contributed by atoms with van der Waals surface area (Å²) in [7, 11) is 0. The Labute approximate surface area is 153 Å². The lowest BCUT2D eigenvalue weighted by Crippen LogP contribution is -2.46. The van der Waals surface area contributed by atoms with E-state index >= 15 is 0 Å². The number of hydrogen-bond donors (Lipinski definition) is 1. The van der Waals surface area contributed by atoms with Gasteiger partial charge in [-0.1, -0.05) is 23.7 Å². The molecular weight excluding hydrogens is 334 g/mol. The number of pyridine rings is 1. The van der Waals surface area contributed by atoms with Gasteiger partial charge in [0.25, 0.3) is 0 Å². The number of carbonyl (C=O) groups is 1. The number of likely N-dealkylation sites (tertiary alicyclic amines) is 1. The third kappa shape index (κ3) is 5.69. The number of hydrogen-bond acceptors (Lipinski definition) is 3. The smallest absolute Gasteiger partial charge is 0.244 e. The standard InChI is InChI=1S/C20H22ClN3O/c21-18-6-3-17(4-7-18)14-24-13-1-2-19(15-24)23-20(25)8-5-16-9-11-22-12-10-16/h3-12,19H,1-2,13-15H2,(H,23,25). The van der Waals surface area contributed by atoms with E-state index in [4.69, 9.17) is 11.6 Å². The fourth-order valence-corrected chi connectivity index (χ4v) is 3.19. The molecule has 1 aliphatic heterocycles. The Morgan fingerprint density at radius 2 is 2.00 bits per heavy atom. The molecule has 130 valence electrons. The second-order valence-corrected chi connectivity index (χ2v) is 6.76. The monoisotopic (exact) mass is 355 g/mol. The van der Waals surface area contributed by atoms with Crippen LogP contribution in [-0.4, -0.2) is 34.9 Å². The molecule has 0 spiro atoms. The number of nitrogens with one attached hydrogen (secondary N) is 1. The summed E-state index contributed by atoms with van der Waals surface area (Å²) in [6.07, 6.45) is 8.94. The topological polar surface area (TPSA) is 45.2 Å². The van der Waals surface area contributed by atoms with Crippen molar-refractivity contribution in [2.75, 3.05) is 13.1 Å². The highest BCUT2D eigenvalue weighted by atomic mass is 35.5. The lowest BCUT2D eigenvalue weighted by molar-refractivity contribution is -0.117. The van der Waals surface area contributed by atoms with E-state index in [9.17, 15) is 4.79 Å². The maximum Gasteiger partial charge on any atom is 0.244 e. The molecule has 4 nitrogen and oxygen atoms in total. The van der Waals surface area contributed by atoms with Crippen LogP contribution in [0, 0.1) is 0 Å². The molecule has 25 heavy (non-hydrogen) atoms. The molecule has 0 aliphatic carbocycles. The molecule has 0 radical (unpaired) electrons. The van der Waals surface area contributed by atoms with Crippen molar-refractivity contribution in [1.82, 2.24) is 15.2 Å². The van der Waals surface area contributed by atoms with Gasteiger partial charge in [-0.25, -0.2) is 0 Å². The van der Waals surface area contributed by atoms with Gasteiger partial charge < -0.3 is 5.32 Å². The Balaban J connectivity index is 1.50. The highest BCUT2D eigenvalue weighted by molar-refractivity contribution is 6.30. The quantitative estimate of drug-likeness (QED) is 0.834. The number of benzene rings is 1. The molecule has 1 fully saturated rings. The van der Waals surface area contributed by atoms with E-state index in [0.717, 1.165) is 43.1 Å². The van der Waals surface area contributed by atoms with Gasteiger partial charge >= 0.3 is 0 Å². The predicted molar refractivity (Wildman–Crippen MR) is 101 cm³/mol. The number of carbonyl (C=O) groups excluding carboxylic acids is 1. The van der Waals surface area contributed by atoms with Crippen molar-refractivity contribution in [1.29, 1.82) is 0 Å². The number of aromatic nitrogens is 1. The maximum atomic E-state index is 12.1. The summed E-state index contributed by atoms with van der Waals surface area (Å²) in [6, 6.07) is 11.9.